The zero-order valence-corrected chi connectivity index (χ0v) is 15.1. The van der Waals surface area contributed by atoms with Gasteiger partial charge in [-0.05, 0) is 36.8 Å². The van der Waals surface area contributed by atoms with Crippen LogP contribution >= 0.6 is 0 Å². The lowest BCUT2D eigenvalue weighted by Gasteiger charge is -2.19. The molecule has 0 radical (unpaired) electrons. The summed E-state index contributed by atoms with van der Waals surface area (Å²) in [4.78, 5) is 14.4. The summed E-state index contributed by atoms with van der Waals surface area (Å²) in [5.41, 5.74) is 2.78. The summed E-state index contributed by atoms with van der Waals surface area (Å²) >= 11 is 0. The van der Waals surface area contributed by atoms with E-state index in [2.05, 4.69) is 5.10 Å². The van der Waals surface area contributed by atoms with E-state index in [1.807, 2.05) is 79.4 Å². The molecule has 26 heavy (non-hydrogen) atoms. The Morgan fingerprint density at radius 3 is 2.58 bits per heavy atom. The molecule has 1 amide bonds. The van der Waals surface area contributed by atoms with Crippen molar-refractivity contribution in [3.05, 3.63) is 83.7 Å². The van der Waals surface area contributed by atoms with Gasteiger partial charge in [0.1, 0.15) is 5.75 Å². The normalized spacial score (nSPS) is 10.5. The van der Waals surface area contributed by atoms with Crippen molar-refractivity contribution in [1.29, 1.82) is 0 Å². The minimum Gasteiger partial charge on any atom is -0.494 e. The molecule has 0 bridgehead atoms. The fourth-order valence-corrected chi connectivity index (χ4v) is 2.81. The molecule has 134 valence electrons. The number of aromatic nitrogens is 2. The van der Waals surface area contributed by atoms with Crippen molar-refractivity contribution in [3.63, 3.8) is 0 Å². The first-order valence-electron chi connectivity index (χ1n) is 8.70. The Morgan fingerprint density at radius 1 is 1.12 bits per heavy atom. The van der Waals surface area contributed by atoms with Crippen LogP contribution in [0.1, 0.15) is 28.4 Å². The Hall–Kier alpha value is -3.08. The van der Waals surface area contributed by atoms with Gasteiger partial charge in [0.25, 0.3) is 5.91 Å². The Labute approximate surface area is 153 Å². The molecule has 0 aliphatic carbocycles. The van der Waals surface area contributed by atoms with Crippen LogP contribution in [0, 0.1) is 0 Å². The molecule has 5 nitrogen and oxygen atoms in total. The minimum atomic E-state index is -0.0121. The predicted octanol–water partition coefficient (Wildman–Crippen LogP) is 3.60. The summed E-state index contributed by atoms with van der Waals surface area (Å²) in [5.74, 6) is 0.811. The van der Waals surface area contributed by atoms with E-state index in [1.54, 1.807) is 11.1 Å². The number of carbonyl (C=O) groups excluding carboxylic acids is 1. The molecule has 0 spiro atoms. The minimum absolute atomic E-state index is 0.0121. The number of para-hydroxylation sites is 1. The van der Waals surface area contributed by atoms with Gasteiger partial charge in [0, 0.05) is 37.1 Å². The Bertz CT molecular complexity index is 842. The van der Waals surface area contributed by atoms with Crippen LogP contribution in [0.5, 0.6) is 5.75 Å². The van der Waals surface area contributed by atoms with Crippen LogP contribution in [0.25, 0.3) is 0 Å². The van der Waals surface area contributed by atoms with Gasteiger partial charge in [-0.2, -0.15) is 5.10 Å². The summed E-state index contributed by atoms with van der Waals surface area (Å²) in [7, 11) is 1.81. The van der Waals surface area contributed by atoms with Crippen LogP contribution < -0.4 is 4.74 Å². The highest BCUT2D eigenvalue weighted by Crippen LogP contribution is 2.20. The van der Waals surface area contributed by atoms with Crippen molar-refractivity contribution < 1.29 is 9.53 Å². The highest BCUT2D eigenvalue weighted by molar-refractivity contribution is 5.94. The van der Waals surface area contributed by atoms with Gasteiger partial charge in [-0.3, -0.25) is 9.48 Å². The van der Waals surface area contributed by atoms with E-state index in [4.69, 9.17) is 4.74 Å². The van der Waals surface area contributed by atoms with Crippen LogP contribution in [-0.2, 0) is 13.1 Å². The van der Waals surface area contributed by atoms with Gasteiger partial charge in [-0.25, -0.2) is 0 Å². The third-order valence-electron chi connectivity index (χ3n) is 4.13. The van der Waals surface area contributed by atoms with Gasteiger partial charge in [-0.15, -0.1) is 0 Å². The van der Waals surface area contributed by atoms with E-state index in [-0.39, 0.29) is 5.91 Å². The first kappa shape index (κ1) is 17.7. The van der Waals surface area contributed by atoms with Gasteiger partial charge in [-0.1, -0.05) is 30.3 Å². The summed E-state index contributed by atoms with van der Waals surface area (Å²) in [6.45, 7) is 3.76. The first-order valence-corrected chi connectivity index (χ1v) is 8.70. The summed E-state index contributed by atoms with van der Waals surface area (Å²) in [6, 6.07) is 17.4. The average molecular weight is 349 g/mol. The molecule has 0 aliphatic rings. The average Bonchev–Trinajstić information content (AvgIpc) is 3.16. The summed E-state index contributed by atoms with van der Waals surface area (Å²) in [6.07, 6.45) is 3.68. The number of benzene rings is 2. The number of amides is 1. The number of hydrogen-bond acceptors (Lipinski definition) is 3. The van der Waals surface area contributed by atoms with Gasteiger partial charge >= 0.3 is 0 Å². The molecule has 0 saturated heterocycles. The standard InChI is InChI=1S/C21H23N3O2/c1-3-26-20-8-5-4-7-19(20)16-23(2)21(25)18-11-9-17(10-12-18)15-24-14-6-13-22-24/h4-14H,3,15-16H2,1-2H3. The van der Waals surface area contributed by atoms with E-state index in [9.17, 15) is 4.79 Å². The zero-order valence-electron chi connectivity index (χ0n) is 15.1. The summed E-state index contributed by atoms with van der Waals surface area (Å²) in [5, 5.41) is 4.20. The van der Waals surface area contributed by atoms with Crippen LogP contribution in [0.15, 0.2) is 67.0 Å². The quantitative estimate of drug-likeness (QED) is 0.655. The van der Waals surface area contributed by atoms with Crippen molar-refractivity contribution in [2.75, 3.05) is 13.7 Å². The highest BCUT2D eigenvalue weighted by atomic mass is 16.5. The molecule has 0 atom stereocenters. The third kappa shape index (κ3) is 4.30. The molecular weight excluding hydrogens is 326 g/mol. The van der Waals surface area contributed by atoms with Crippen molar-refractivity contribution in [3.8, 4) is 5.75 Å². The van der Waals surface area contributed by atoms with Gasteiger partial charge in [0.05, 0.1) is 13.2 Å². The van der Waals surface area contributed by atoms with Gasteiger partial charge in [0.2, 0.25) is 0 Å². The van der Waals surface area contributed by atoms with Gasteiger partial charge < -0.3 is 9.64 Å². The topological polar surface area (TPSA) is 47.4 Å². The van der Waals surface area contributed by atoms with Crippen molar-refractivity contribution in [2.24, 2.45) is 0 Å². The second-order valence-electron chi connectivity index (χ2n) is 6.10. The fourth-order valence-electron chi connectivity index (χ4n) is 2.81. The molecule has 0 aliphatic heterocycles. The van der Waals surface area contributed by atoms with Crippen LogP contribution in [-0.4, -0.2) is 34.2 Å². The lowest BCUT2D eigenvalue weighted by molar-refractivity contribution is 0.0784. The first-order chi connectivity index (χ1) is 12.7. The fraction of sp³-hybridized carbons (Fsp3) is 0.238. The van der Waals surface area contributed by atoms with E-state index < -0.39 is 0 Å². The lowest BCUT2D eigenvalue weighted by Crippen LogP contribution is -2.26. The van der Waals surface area contributed by atoms with E-state index in [0.29, 0.717) is 25.3 Å². The molecule has 3 rings (SSSR count). The Kier molecular flexibility index (Phi) is 5.69. The van der Waals surface area contributed by atoms with Gasteiger partial charge in [0.15, 0.2) is 0 Å². The molecule has 0 fully saturated rings. The SMILES string of the molecule is CCOc1ccccc1CN(C)C(=O)c1ccc(Cn2cccn2)cc1. The van der Waals surface area contributed by atoms with Crippen molar-refractivity contribution >= 4 is 5.91 Å². The van der Waals surface area contributed by atoms with E-state index in [1.165, 1.54) is 0 Å². The van der Waals surface area contributed by atoms with E-state index >= 15 is 0 Å². The second-order valence-corrected chi connectivity index (χ2v) is 6.10. The van der Waals surface area contributed by atoms with Crippen LogP contribution in [0.3, 0.4) is 0 Å². The number of ether oxygens (including phenoxy) is 1. The maximum atomic E-state index is 12.7. The molecule has 3 aromatic rings. The second kappa shape index (κ2) is 8.34. The largest absolute Gasteiger partial charge is 0.494 e. The molecule has 0 unspecified atom stereocenters. The van der Waals surface area contributed by atoms with Crippen molar-refractivity contribution in [2.45, 2.75) is 20.0 Å². The number of nitrogens with zero attached hydrogens (tertiary/aromatic N) is 3. The zero-order chi connectivity index (χ0) is 18.4. The monoisotopic (exact) mass is 349 g/mol. The van der Waals surface area contributed by atoms with Crippen LogP contribution in [0.2, 0.25) is 0 Å². The Balaban J connectivity index is 1.66. The van der Waals surface area contributed by atoms with E-state index in [0.717, 1.165) is 16.9 Å². The third-order valence-corrected chi connectivity index (χ3v) is 4.13. The molecule has 1 heterocycles. The molecule has 5 heteroatoms. The molecule has 1 aromatic heterocycles. The number of carbonyl (C=O) groups is 1. The molecule has 0 saturated carbocycles. The summed E-state index contributed by atoms with van der Waals surface area (Å²) < 4.78 is 7.50. The smallest absolute Gasteiger partial charge is 0.253 e. The Morgan fingerprint density at radius 2 is 1.88 bits per heavy atom. The number of rotatable bonds is 7. The highest BCUT2D eigenvalue weighted by Gasteiger charge is 2.14. The molecule has 0 N–H and O–H groups in total. The molecular formula is C21H23N3O2. The van der Waals surface area contributed by atoms with Crippen LogP contribution in [0.4, 0.5) is 0 Å². The molecule has 2 aromatic carbocycles. The maximum Gasteiger partial charge on any atom is 0.253 e. The maximum absolute atomic E-state index is 12.7. The lowest BCUT2D eigenvalue weighted by atomic mass is 10.1. The number of hydrogen-bond donors (Lipinski definition) is 0. The van der Waals surface area contributed by atoms with Crippen molar-refractivity contribution in [1.82, 2.24) is 14.7 Å². The predicted molar refractivity (Wildman–Crippen MR) is 101 cm³/mol.